The molecule has 2 rings (SSSR count). The second kappa shape index (κ2) is 5.84. The summed E-state index contributed by atoms with van der Waals surface area (Å²) in [5.41, 5.74) is 0.958. The Labute approximate surface area is 116 Å². The number of aryl methyl sites for hydroxylation is 1. The molecule has 0 bridgehead atoms. The number of anilines is 1. The van der Waals surface area contributed by atoms with E-state index in [4.69, 9.17) is 5.11 Å². The van der Waals surface area contributed by atoms with Crippen molar-refractivity contribution < 1.29 is 9.90 Å². The number of rotatable bonds is 5. The highest BCUT2D eigenvalue weighted by Gasteiger charge is 2.13. The molecule has 0 aliphatic carbocycles. The minimum absolute atomic E-state index is 0.163. The molecular weight excluding hydrogens is 260 g/mol. The summed E-state index contributed by atoms with van der Waals surface area (Å²) in [6.07, 6.45) is 0.915. The Morgan fingerprint density at radius 3 is 2.89 bits per heavy atom. The highest BCUT2D eigenvalue weighted by atomic mass is 32.1. The van der Waals surface area contributed by atoms with E-state index >= 15 is 0 Å². The highest BCUT2D eigenvalue weighted by Crippen LogP contribution is 2.25. The molecule has 1 atom stereocenters. The number of carboxylic acid groups (broad SMARTS) is 1. The summed E-state index contributed by atoms with van der Waals surface area (Å²) >= 11 is 1.68. The van der Waals surface area contributed by atoms with E-state index < -0.39 is 5.97 Å². The Kier molecular flexibility index (Phi) is 4.16. The van der Waals surface area contributed by atoms with E-state index in [-0.39, 0.29) is 11.6 Å². The van der Waals surface area contributed by atoms with Crippen molar-refractivity contribution in [3.8, 4) is 0 Å². The van der Waals surface area contributed by atoms with Crippen molar-refractivity contribution in [2.75, 3.05) is 5.32 Å². The van der Waals surface area contributed by atoms with Crippen molar-refractivity contribution in [3.05, 3.63) is 45.8 Å². The average Bonchev–Trinajstić information content (AvgIpc) is 2.89. The highest BCUT2D eigenvalue weighted by molar-refractivity contribution is 7.10. The molecule has 0 saturated carbocycles. The zero-order valence-electron chi connectivity index (χ0n) is 10.9. The third-order valence-electron chi connectivity index (χ3n) is 2.82. The standard InChI is InChI=1S/C14H16N2O2S/c1-3-11(12-5-4-6-19-12)16-13-8-10(14(17)18)7-9(2)15-13/h4-8,11H,3H2,1-2H3,(H,15,16)(H,17,18). The van der Waals surface area contributed by atoms with Crippen molar-refractivity contribution >= 4 is 23.1 Å². The lowest BCUT2D eigenvalue weighted by Gasteiger charge is -2.16. The number of carboxylic acids is 1. The Morgan fingerprint density at radius 2 is 2.32 bits per heavy atom. The van der Waals surface area contributed by atoms with Crippen molar-refractivity contribution in [3.63, 3.8) is 0 Å². The fraction of sp³-hybridized carbons (Fsp3) is 0.286. The molecule has 0 aliphatic heterocycles. The Balaban J connectivity index is 2.24. The lowest BCUT2D eigenvalue weighted by molar-refractivity contribution is 0.0696. The van der Waals surface area contributed by atoms with E-state index in [0.29, 0.717) is 11.5 Å². The third kappa shape index (κ3) is 3.32. The van der Waals surface area contributed by atoms with Crippen LogP contribution in [0.3, 0.4) is 0 Å². The second-order valence-electron chi connectivity index (χ2n) is 4.31. The predicted octanol–water partition coefficient (Wildman–Crippen LogP) is 3.71. The van der Waals surface area contributed by atoms with E-state index in [1.54, 1.807) is 30.4 Å². The van der Waals surface area contributed by atoms with E-state index in [1.165, 1.54) is 4.88 Å². The summed E-state index contributed by atoms with van der Waals surface area (Å²) in [6, 6.07) is 7.39. The number of hydrogen-bond acceptors (Lipinski definition) is 4. The molecule has 0 amide bonds. The smallest absolute Gasteiger partial charge is 0.335 e. The summed E-state index contributed by atoms with van der Waals surface area (Å²) < 4.78 is 0. The number of thiophene rings is 1. The van der Waals surface area contributed by atoms with Crippen LogP contribution in [0.4, 0.5) is 5.82 Å². The Bertz CT molecular complexity index is 567. The maximum atomic E-state index is 11.0. The number of carbonyl (C=O) groups is 1. The SMILES string of the molecule is CCC(Nc1cc(C(=O)O)cc(C)n1)c1cccs1. The van der Waals surface area contributed by atoms with Gasteiger partial charge in [-0.15, -0.1) is 11.3 Å². The van der Waals surface area contributed by atoms with Gasteiger partial charge in [0, 0.05) is 10.6 Å². The lowest BCUT2D eigenvalue weighted by Crippen LogP contribution is -2.11. The first-order valence-electron chi connectivity index (χ1n) is 6.12. The predicted molar refractivity (Wildman–Crippen MR) is 76.9 cm³/mol. The normalized spacial score (nSPS) is 12.1. The van der Waals surface area contributed by atoms with Gasteiger partial charge in [0.05, 0.1) is 11.6 Å². The number of hydrogen-bond donors (Lipinski definition) is 2. The molecule has 100 valence electrons. The summed E-state index contributed by atoms with van der Waals surface area (Å²) in [5, 5.41) is 14.4. The molecule has 5 heteroatoms. The Hall–Kier alpha value is -1.88. The zero-order chi connectivity index (χ0) is 13.8. The van der Waals surface area contributed by atoms with Crippen LogP contribution >= 0.6 is 11.3 Å². The molecule has 2 heterocycles. The molecule has 0 aliphatic rings. The monoisotopic (exact) mass is 276 g/mol. The number of pyridine rings is 1. The minimum Gasteiger partial charge on any atom is -0.478 e. The number of nitrogens with one attached hydrogen (secondary N) is 1. The molecule has 0 spiro atoms. The van der Waals surface area contributed by atoms with Crippen LogP contribution in [0.2, 0.25) is 0 Å². The third-order valence-corrected chi connectivity index (χ3v) is 3.80. The molecule has 1 unspecified atom stereocenters. The van der Waals surface area contributed by atoms with E-state index in [2.05, 4.69) is 23.3 Å². The van der Waals surface area contributed by atoms with Crippen LogP contribution < -0.4 is 5.32 Å². The van der Waals surface area contributed by atoms with E-state index in [9.17, 15) is 4.79 Å². The fourth-order valence-electron chi connectivity index (χ4n) is 1.91. The van der Waals surface area contributed by atoms with Gasteiger partial charge in [-0.1, -0.05) is 13.0 Å². The van der Waals surface area contributed by atoms with Gasteiger partial charge in [-0.3, -0.25) is 0 Å². The molecule has 0 fully saturated rings. The Morgan fingerprint density at radius 1 is 1.53 bits per heavy atom. The topological polar surface area (TPSA) is 62.2 Å². The fourth-order valence-corrected chi connectivity index (χ4v) is 2.77. The zero-order valence-corrected chi connectivity index (χ0v) is 11.7. The quantitative estimate of drug-likeness (QED) is 0.873. The van der Waals surface area contributed by atoms with E-state index in [1.807, 2.05) is 11.4 Å². The van der Waals surface area contributed by atoms with Gasteiger partial charge in [0.15, 0.2) is 0 Å². The molecule has 4 nitrogen and oxygen atoms in total. The van der Waals surface area contributed by atoms with Crippen LogP contribution in [0, 0.1) is 6.92 Å². The molecule has 0 saturated heterocycles. The molecule has 2 aromatic rings. The minimum atomic E-state index is -0.933. The largest absolute Gasteiger partial charge is 0.478 e. The molecule has 2 N–H and O–H groups in total. The summed E-state index contributed by atoms with van der Waals surface area (Å²) in [7, 11) is 0. The first-order valence-corrected chi connectivity index (χ1v) is 7.00. The first-order chi connectivity index (χ1) is 9.10. The number of nitrogens with zero attached hydrogens (tertiary/aromatic N) is 1. The molecule has 0 radical (unpaired) electrons. The summed E-state index contributed by atoms with van der Waals surface area (Å²) in [5.74, 6) is -0.324. The average molecular weight is 276 g/mol. The summed E-state index contributed by atoms with van der Waals surface area (Å²) in [4.78, 5) is 16.6. The van der Waals surface area contributed by atoms with Gasteiger partial charge in [0.2, 0.25) is 0 Å². The molecule has 19 heavy (non-hydrogen) atoms. The van der Waals surface area contributed by atoms with Crippen LogP contribution in [0.25, 0.3) is 0 Å². The van der Waals surface area contributed by atoms with Gasteiger partial charge in [0.25, 0.3) is 0 Å². The van der Waals surface area contributed by atoms with Gasteiger partial charge >= 0.3 is 5.97 Å². The first kappa shape index (κ1) is 13.5. The molecule has 0 aromatic carbocycles. The van der Waals surface area contributed by atoms with E-state index in [0.717, 1.165) is 6.42 Å². The number of aromatic carboxylic acids is 1. The van der Waals surface area contributed by atoms with Gasteiger partial charge in [-0.2, -0.15) is 0 Å². The van der Waals surface area contributed by atoms with Gasteiger partial charge < -0.3 is 10.4 Å². The van der Waals surface area contributed by atoms with Crippen LogP contribution in [-0.4, -0.2) is 16.1 Å². The van der Waals surface area contributed by atoms with Crippen molar-refractivity contribution in [2.24, 2.45) is 0 Å². The lowest BCUT2D eigenvalue weighted by atomic mass is 10.1. The maximum Gasteiger partial charge on any atom is 0.335 e. The summed E-state index contributed by atoms with van der Waals surface area (Å²) in [6.45, 7) is 3.88. The van der Waals surface area contributed by atoms with Crippen molar-refractivity contribution in [1.82, 2.24) is 4.98 Å². The van der Waals surface area contributed by atoms with Gasteiger partial charge in [-0.25, -0.2) is 9.78 Å². The molecule has 2 aromatic heterocycles. The van der Waals surface area contributed by atoms with Crippen LogP contribution in [0.1, 0.15) is 40.3 Å². The van der Waals surface area contributed by atoms with Crippen molar-refractivity contribution in [1.29, 1.82) is 0 Å². The number of aromatic nitrogens is 1. The van der Waals surface area contributed by atoms with Crippen molar-refractivity contribution in [2.45, 2.75) is 26.3 Å². The van der Waals surface area contributed by atoms with Crippen LogP contribution in [0.15, 0.2) is 29.6 Å². The maximum absolute atomic E-state index is 11.0. The van der Waals surface area contributed by atoms with Gasteiger partial charge in [0.1, 0.15) is 5.82 Å². The second-order valence-corrected chi connectivity index (χ2v) is 5.29. The molecular formula is C14H16N2O2S. The van der Waals surface area contributed by atoms with Crippen LogP contribution in [0.5, 0.6) is 0 Å². The van der Waals surface area contributed by atoms with Gasteiger partial charge in [-0.05, 0) is 36.9 Å². The van der Waals surface area contributed by atoms with Crippen LogP contribution in [-0.2, 0) is 0 Å².